The molecule has 2 aliphatic rings. The number of carbonyl (C=O) groups is 3. The highest BCUT2D eigenvalue weighted by Gasteiger charge is 2.46. The molecule has 3 heterocycles. The number of benzene rings is 1. The van der Waals surface area contributed by atoms with Gasteiger partial charge in [0.1, 0.15) is 11.2 Å². The van der Waals surface area contributed by atoms with Crippen molar-refractivity contribution in [3.8, 4) is 0 Å². The highest BCUT2D eigenvalue weighted by atomic mass is 16.2. The molecule has 0 unspecified atom stereocenters. The van der Waals surface area contributed by atoms with Crippen LogP contribution in [-0.4, -0.2) is 76.1 Å². The van der Waals surface area contributed by atoms with E-state index in [9.17, 15) is 14.4 Å². The minimum atomic E-state index is -1.12. The SMILES string of the molecule is Cc1ccc(CNC(=O)[C@]2(C)Cn3nc(C(=O)NCCN4CCCCC4)cc3C(=O)N2C)cc1. The van der Waals surface area contributed by atoms with Crippen LogP contribution in [0.4, 0.5) is 0 Å². The Labute approximate surface area is 200 Å². The van der Waals surface area contributed by atoms with E-state index in [0.717, 1.165) is 30.8 Å². The van der Waals surface area contributed by atoms with E-state index >= 15 is 0 Å². The number of likely N-dealkylation sites (tertiary alicyclic amines) is 1. The fourth-order valence-electron chi connectivity index (χ4n) is 4.52. The normalized spacial score (nSPS) is 20.7. The van der Waals surface area contributed by atoms with Gasteiger partial charge in [0, 0.05) is 32.7 Å². The summed E-state index contributed by atoms with van der Waals surface area (Å²) >= 11 is 0. The Morgan fingerprint density at radius 2 is 1.79 bits per heavy atom. The van der Waals surface area contributed by atoms with Gasteiger partial charge in [-0.15, -0.1) is 0 Å². The molecule has 0 radical (unpaired) electrons. The lowest BCUT2D eigenvalue weighted by Gasteiger charge is -2.40. The van der Waals surface area contributed by atoms with Crippen LogP contribution in [0.3, 0.4) is 0 Å². The maximum absolute atomic E-state index is 13.1. The minimum absolute atomic E-state index is 0.172. The second-order valence-corrected chi connectivity index (χ2v) is 9.54. The van der Waals surface area contributed by atoms with E-state index in [4.69, 9.17) is 0 Å². The standard InChI is InChI=1S/C25H34N6O3/c1-18-7-9-19(10-8-18)16-27-24(34)25(2)17-31-21(23(33)29(25)3)15-20(28-31)22(32)26-11-14-30-12-5-4-6-13-30/h7-10,15H,4-6,11-14,16-17H2,1-3H3,(H,26,32)(H,27,34)/t25-/m0/s1. The van der Waals surface area contributed by atoms with E-state index in [2.05, 4.69) is 20.6 Å². The lowest BCUT2D eigenvalue weighted by Crippen LogP contribution is -2.62. The smallest absolute Gasteiger partial charge is 0.272 e. The van der Waals surface area contributed by atoms with Crippen molar-refractivity contribution in [2.75, 3.05) is 33.2 Å². The molecule has 34 heavy (non-hydrogen) atoms. The molecular formula is C25H34N6O3. The Morgan fingerprint density at radius 1 is 1.09 bits per heavy atom. The zero-order valence-corrected chi connectivity index (χ0v) is 20.3. The summed E-state index contributed by atoms with van der Waals surface area (Å²) in [5, 5.41) is 10.2. The van der Waals surface area contributed by atoms with E-state index in [1.807, 2.05) is 31.2 Å². The van der Waals surface area contributed by atoms with Crippen molar-refractivity contribution in [2.45, 2.75) is 51.7 Å². The summed E-state index contributed by atoms with van der Waals surface area (Å²) in [7, 11) is 1.61. The molecule has 0 aliphatic carbocycles. The summed E-state index contributed by atoms with van der Waals surface area (Å²) in [6, 6.07) is 9.44. The van der Waals surface area contributed by atoms with E-state index in [0.29, 0.717) is 18.8 Å². The highest BCUT2D eigenvalue weighted by Crippen LogP contribution is 2.26. The topological polar surface area (TPSA) is 99.6 Å². The molecule has 1 fully saturated rings. The first kappa shape index (κ1) is 23.9. The number of fused-ring (bicyclic) bond motifs is 1. The number of piperidine rings is 1. The predicted molar refractivity (Wildman–Crippen MR) is 128 cm³/mol. The van der Waals surface area contributed by atoms with Gasteiger partial charge in [0.2, 0.25) is 5.91 Å². The number of carbonyl (C=O) groups excluding carboxylic acids is 3. The number of nitrogens with zero attached hydrogens (tertiary/aromatic N) is 4. The summed E-state index contributed by atoms with van der Waals surface area (Å²) in [6.07, 6.45) is 3.68. The molecule has 9 heteroatoms. The largest absolute Gasteiger partial charge is 0.350 e. The van der Waals surface area contributed by atoms with Gasteiger partial charge >= 0.3 is 0 Å². The van der Waals surface area contributed by atoms with Crippen LogP contribution in [0, 0.1) is 6.92 Å². The number of likely N-dealkylation sites (N-methyl/N-ethyl adjacent to an activating group) is 1. The second kappa shape index (κ2) is 9.97. The van der Waals surface area contributed by atoms with Crippen LogP contribution in [0.2, 0.25) is 0 Å². The molecule has 4 rings (SSSR count). The van der Waals surface area contributed by atoms with Gasteiger partial charge in [-0.2, -0.15) is 5.10 Å². The van der Waals surface area contributed by atoms with Crippen LogP contribution in [0.25, 0.3) is 0 Å². The summed E-state index contributed by atoms with van der Waals surface area (Å²) in [5.41, 5.74) is 1.52. The fraction of sp³-hybridized carbons (Fsp3) is 0.520. The van der Waals surface area contributed by atoms with Crippen molar-refractivity contribution >= 4 is 17.7 Å². The Hall–Kier alpha value is -3.20. The zero-order chi connectivity index (χ0) is 24.3. The third kappa shape index (κ3) is 4.99. The van der Waals surface area contributed by atoms with Crippen LogP contribution < -0.4 is 10.6 Å². The number of nitrogens with one attached hydrogen (secondary N) is 2. The summed E-state index contributed by atoms with van der Waals surface area (Å²) in [6.45, 7) is 7.75. The summed E-state index contributed by atoms with van der Waals surface area (Å²) in [5.74, 6) is -0.906. The lowest BCUT2D eigenvalue weighted by atomic mass is 9.95. The molecule has 0 saturated carbocycles. The average molecular weight is 467 g/mol. The van der Waals surface area contributed by atoms with Gasteiger partial charge in [-0.3, -0.25) is 19.1 Å². The number of rotatable bonds is 7. The molecule has 1 aromatic heterocycles. The van der Waals surface area contributed by atoms with Crippen molar-refractivity contribution in [3.63, 3.8) is 0 Å². The van der Waals surface area contributed by atoms with Crippen LogP contribution in [0.15, 0.2) is 30.3 Å². The molecule has 182 valence electrons. The quantitative estimate of drug-likeness (QED) is 0.645. The summed E-state index contributed by atoms with van der Waals surface area (Å²) < 4.78 is 1.48. The van der Waals surface area contributed by atoms with Gasteiger partial charge in [-0.05, 0) is 45.3 Å². The van der Waals surface area contributed by atoms with Crippen molar-refractivity contribution in [1.29, 1.82) is 0 Å². The minimum Gasteiger partial charge on any atom is -0.350 e. The predicted octanol–water partition coefficient (Wildman–Crippen LogP) is 1.57. The number of aryl methyl sites for hydroxylation is 1. The van der Waals surface area contributed by atoms with E-state index < -0.39 is 5.54 Å². The first-order valence-corrected chi connectivity index (χ1v) is 12.0. The number of aromatic nitrogens is 2. The van der Waals surface area contributed by atoms with Crippen LogP contribution in [-0.2, 0) is 17.9 Å². The first-order valence-electron chi connectivity index (χ1n) is 12.0. The van der Waals surface area contributed by atoms with E-state index in [-0.39, 0.29) is 30.0 Å². The van der Waals surface area contributed by atoms with Crippen LogP contribution in [0.1, 0.15) is 58.3 Å². The van der Waals surface area contributed by atoms with Crippen molar-refractivity contribution in [3.05, 3.63) is 52.8 Å². The molecule has 1 aromatic carbocycles. The molecular weight excluding hydrogens is 432 g/mol. The molecule has 2 N–H and O–H groups in total. The van der Waals surface area contributed by atoms with E-state index in [1.54, 1.807) is 14.0 Å². The summed E-state index contributed by atoms with van der Waals surface area (Å²) in [4.78, 5) is 42.6. The monoisotopic (exact) mass is 466 g/mol. The molecule has 2 aliphatic heterocycles. The fourth-order valence-corrected chi connectivity index (χ4v) is 4.52. The second-order valence-electron chi connectivity index (χ2n) is 9.54. The van der Waals surface area contributed by atoms with Gasteiger partial charge in [0.25, 0.3) is 11.8 Å². The van der Waals surface area contributed by atoms with Crippen LogP contribution in [0.5, 0.6) is 0 Å². The van der Waals surface area contributed by atoms with Gasteiger partial charge in [-0.1, -0.05) is 36.2 Å². The molecule has 2 aromatic rings. The molecule has 3 amide bonds. The third-order valence-corrected chi connectivity index (χ3v) is 6.96. The maximum atomic E-state index is 13.1. The van der Waals surface area contributed by atoms with Crippen LogP contribution >= 0.6 is 0 Å². The van der Waals surface area contributed by atoms with Gasteiger partial charge in [0.05, 0.1) is 6.54 Å². The van der Waals surface area contributed by atoms with Gasteiger partial charge in [0.15, 0.2) is 5.69 Å². The van der Waals surface area contributed by atoms with Crippen molar-refractivity contribution in [2.24, 2.45) is 0 Å². The van der Waals surface area contributed by atoms with E-state index in [1.165, 1.54) is 34.9 Å². The molecule has 0 spiro atoms. The van der Waals surface area contributed by atoms with Gasteiger partial charge < -0.3 is 20.4 Å². The van der Waals surface area contributed by atoms with Crippen molar-refractivity contribution in [1.82, 2.24) is 30.2 Å². The Balaban J connectivity index is 1.39. The van der Waals surface area contributed by atoms with Gasteiger partial charge in [-0.25, -0.2) is 0 Å². The molecule has 1 atom stereocenters. The molecule has 0 bridgehead atoms. The number of hydrogen-bond donors (Lipinski definition) is 2. The first-order chi connectivity index (χ1) is 16.3. The Morgan fingerprint density at radius 3 is 2.50 bits per heavy atom. The highest BCUT2D eigenvalue weighted by molar-refractivity contribution is 6.01. The third-order valence-electron chi connectivity index (χ3n) is 6.96. The lowest BCUT2D eigenvalue weighted by molar-refractivity contribution is -0.132. The molecule has 1 saturated heterocycles. The Bertz CT molecular complexity index is 1060. The number of hydrogen-bond acceptors (Lipinski definition) is 5. The van der Waals surface area contributed by atoms with Crippen molar-refractivity contribution < 1.29 is 14.4 Å². The zero-order valence-electron chi connectivity index (χ0n) is 20.3. The number of amides is 3. The maximum Gasteiger partial charge on any atom is 0.272 e. The average Bonchev–Trinajstić information content (AvgIpc) is 3.26. The molecule has 9 nitrogen and oxygen atoms in total. The Kier molecular flexibility index (Phi) is 7.02.